The summed E-state index contributed by atoms with van der Waals surface area (Å²) in [6, 6.07) is 7.99. The number of halogens is 1. The lowest BCUT2D eigenvalue weighted by Crippen LogP contribution is -2.31. The summed E-state index contributed by atoms with van der Waals surface area (Å²) in [5.74, 6) is 0.846. The second-order valence-corrected chi connectivity index (χ2v) is 5.39. The number of rotatable bonds is 10. The first-order valence-electron chi connectivity index (χ1n) is 7.32. The van der Waals surface area contributed by atoms with Crippen LogP contribution in [0, 0.1) is 0 Å². The minimum atomic E-state index is 0.417. The van der Waals surface area contributed by atoms with Gasteiger partial charge in [-0.2, -0.15) is 0 Å². The number of nitrogens with one attached hydrogen (secondary N) is 1. The van der Waals surface area contributed by atoms with Gasteiger partial charge in [-0.05, 0) is 31.7 Å². The van der Waals surface area contributed by atoms with Gasteiger partial charge in [0, 0.05) is 11.1 Å². The van der Waals surface area contributed by atoms with Gasteiger partial charge >= 0.3 is 0 Å². The molecule has 1 aromatic carbocycles. The van der Waals surface area contributed by atoms with E-state index in [4.69, 9.17) is 16.3 Å². The monoisotopic (exact) mass is 283 g/mol. The van der Waals surface area contributed by atoms with Gasteiger partial charge in [-0.1, -0.05) is 56.7 Å². The molecule has 2 nitrogen and oxygen atoms in total. The average molecular weight is 284 g/mol. The Labute approximate surface area is 122 Å². The van der Waals surface area contributed by atoms with Crippen molar-refractivity contribution in [3.8, 4) is 5.75 Å². The highest BCUT2D eigenvalue weighted by atomic mass is 35.5. The van der Waals surface area contributed by atoms with E-state index in [-0.39, 0.29) is 0 Å². The van der Waals surface area contributed by atoms with E-state index >= 15 is 0 Å². The van der Waals surface area contributed by atoms with Crippen molar-refractivity contribution in [1.29, 1.82) is 0 Å². The lowest BCUT2D eigenvalue weighted by atomic mass is 10.1. The number of ether oxygens (including phenoxy) is 1. The van der Waals surface area contributed by atoms with Crippen LogP contribution in [0.15, 0.2) is 24.3 Å². The van der Waals surface area contributed by atoms with E-state index < -0.39 is 0 Å². The molecule has 19 heavy (non-hydrogen) atoms. The van der Waals surface area contributed by atoms with Gasteiger partial charge in [-0.15, -0.1) is 0 Å². The summed E-state index contributed by atoms with van der Waals surface area (Å²) in [7, 11) is 2.00. The second kappa shape index (κ2) is 10.1. The summed E-state index contributed by atoms with van der Waals surface area (Å²) in [6.07, 6.45) is 7.76. The van der Waals surface area contributed by atoms with Crippen molar-refractivity contribution in [2.75, 3.05) is 13.7 Å². The van der Waals surface area contributed by atoms with Crippen molar-refractivity contribution in [2.24, 2.45) is 0 Å². The standard InChI is InChI=1S/C16H26ClNO/c1-3-4-5-6-7-10-15(18-2)13-19-16-11-8-9-14(17)12-16/h8-9,11-12,15,18H,3-7,10,13H2,1-2H3. The number of hydrogen-bond acceptors (Lipinski definition) is 2. The minimum Gasteiger partial charge on any atom is -0.492 e. The van der Waals surface area contributed by atoms with E-state index in [0.717, 1.165) is 10.8 Å². The molecule has 0 amide bonds. The maximum absolute atomic E-state index is 5.93. The molecule has 108 valence electrons. The number of unbranched alkanes of at least 4 members (excludes halogenated alkanes) is 4. The van der Waals surface area contributed by atoms with Crippen molar-refractivity contribution in [1.82, 2.24) is 5.32 Å². The molecule has 1 rings (SSSR count). The van der Waals surface area contributed by atoms with Crippen molar-refractivity contribution in [3.63, 3.8) is 0 Å². The molecule has 0 aromatic heterocycles. The van der Waals surface area contributed by atoms with Gasteiger partial charge in [0.15, 0.2) is 0 Å². The molecule has 0 saturated carbocycles. The van der Waals surface area contributed by atoms with E-state index in [0.29, 0.717) is 12.6 Å². The summed E-state index contributed by atoms with van der Waals surface area (Å²) < 4.78 is 5.77. The van der Waals surface area contributed by atoms with Gasteiger partial charge < -0.3 is 10.1 Å². The maximum Gasteiger partial charge on any atom is 0.120 e. The van der Waals surface area contributed by atoms with E-state index in [1.54, 1.807) is 0 Å². The van der Waals surface area contributed by atoms with Crippen LogP contribution in [-0.4, -0.2) is 19.7 Å². The molecule has 1 N–H and O–H groups in total. The first-order valence-corrected chi connectivity index (χ1v) is 7.69. The molecule has 0 bridgehead atoms. The summed E-state index contributed by atoms with van der Waals surface area (Å²) in [4.78, 5) is 0. The van der Waals surface area contributed by atoms with Crippen molar-refractivity contribution < 1.29 is 4.74 Å². The Morgan fingerprint density at radius 3 is 2.68 bits per heavy atom. The minimum absolute atomic E-state index is 0.417. The molecular formula is C16H26ClNO. The van der Waals surface area contributed by atoms with Crippen LogP contribution in [0.25, 0.3) is 0 Å². The lowest BCUT2D eigenvalue weighted by molar-refractivity contribution is 0.260. The van der Waals surface area contributed by atoms with Crippen LogP contribution < -0.4 is 10.1 Å². The predicted molar refractivity (Wildman–Crippen MR) is 83.2 cm³/mol. The van der Waals surface area contributed by atoms with E-state index in [2.05, 4.69) is 12.2 Å². The quantitative estimate of drug-likeness (QED) is 0.630. The number of likely N-dealkylation sites (N-methyl/N-ethyl adjacent to an activating group) is 1. The first-order chi connectivity index (χ1) is 9.26. The van der Waals surface area contributed by atoms with Gasteiger partial charge in [0.05, 0.1) is 0 Å². The van der Waals surface area contributed by atoms with Crippen molar-refractivity contribution >= 4 is 11.6 Å². The van der Waals surface area contributed by atoms with Gasteiger partial charge in [0.25, 0.3) is 0 Å². The highest BCUT2D eigenvalue weighted by Gasteiger charge is 2.07. The van der Waals surface area contributed by atoms with E-state index in [1.165, 1.54) is 38.5 Å². The molecular weight excluding hydrogens is 258 g/mol. The smallest absolute Gasteiger partial charge is 0.120 e. The van der Waals surface area contributed by atoms with Crippen LogP contribution in [0.2, 0.25) is 5.02 Å². The van der Waals surface area contributed by atoms with Gasteiger partial charge in [-0.3, -0.25) is 0 Å². The first kappa shape index (κ1) is 16.3. The SMILES string of the molecule is CCCCCCCC(COc1cccc(Cl)c1)NC. The fourth-order valence-corrected chi connectivity index (χ4v) is 2.24. The summed E-state index contributed by atoms with van der Waals surface area (Å²) in [5, 5.41) is 4.04. The Bertz CT molecular complexity index is 343. The van der Waals surface area contributed by atoms with Crippen LogP contribution in [-0.2, 0) is 0 Å². The molecule has 1 unspecified atom stereocenters. The third-order valence-corrected chi connectivity index (χ3v) is 3.55. The van der Waals surface area contributed by atoms with E-state index in [9.17, 15) is 0 Å². The molecule has 0 aliphatic rings. The van der Waals surface area contributed by atoms with Crippen LogP contribution in [0.3, 0.4) is 0 Å². The Balaban J connectivity index is 2.21. The molecule has 0 aliphatic carbocycles. The molecule has 1 aromatic rings. The summed E-state index contributed by atoms with van der Waals surface area (Å²) in [5.41, 5.74) is 0. The fraction of sp³-hybridized carbons (Fsp3) is 0.625. The second-order valence-electron chi connectivity index (χ2n) is 4.96. The number of hydrogen-bond donors (Lipinski definition) is 1. The molecule has 0 fully saturated rings. The molecule has 0 spiro atoms. The highest BCUT2D eigenvalue weighted by Crippen LogP contribution is 2.17. The number of benzene rings is 1. The van der Waals surface area contributed by atoms with Crippen molar-refractivity contribution in [3.05, 3.63) is 29.3 Å². The zero-order valence-corrected chi connectivity index (χ0v) is 12.9. The van der Waals surface area contributed by atoms with Crippen LogP contribution in [0.5, 0.6) is 5.75 Å². The Hall–Kier alpha value is -0.730. The average Bonchev–Trinajstić information content (AvgIpc) is 2.42. The van der Waals surface area contributed by atoms with Gasteiger partial charge in [-0.25, -0.2) is 0 Å². The largest absolute Gasteiger partial charge is 0.492 e. The van der Waals surface area contributed by atoms with Gasteiger partial charge in [0.2, 0.25) is 0 Å². The summed E-state index contributed by atoms with van der Waals surface area (Å²) >= 11 is 5.93. The lowest BCUT2D eigenvalue weighted by Gasteiger charge is -2.17. The summed E-state index contributed by atoms with van der Waals surface area (Å²) in [6.45, 7) is 2.94. The normalized spacial score (nSPS) is 12.4. The molecule has 1 atom stereocenters. The molecule has 0 radical (unpaired) electrons. The Kier molecular flexibility index (Phi) is 8.68. The maximum atomic E-state index is 5.93. The third-order valence-electron chi connectivity index (χ3n) is 3.31. The molecule has 0 saturated heterocycles. The molecule has 0 aliphatic heterocycles. The third kappa shape index (κ3) is 7.44. The molecule has 3 heteroatoms. The Morgan fingerprint density at radius 1 is 1.21 bits per heavy atom. The van der Waals surface area contributed by atoms with Crippen LogP contribution >= 0.6 is 11.6 Å². The molecule has 0 heterocycles. The van der Waals surface area contributed by atoms with E-state index in [1.807, 2.05) is 31.3 Å². The highest BCUT2D eigenvalue weighted by molar-refractivity contribution is 6.30. The zero-order chi connectivity index (χ0) is 13.9. The van der Waals surface area contributed by atoms with Crippen molar-refractivity contribution in [2.45, 2.75) is 51.5 Å². The van der Waals surface area contributed by atoms with Crippen LogP contribution in [0.1, 0.15) is 45.4 Å². The Morgan fingerprint density at radius 2 is 2.00 bits per heavy atom. The van der Waals surface area contributed by atoms with Crippen LogP contribution in [0.4, 0.5) is 0 Å². The fourth-order valence-electron chi connectivity index (χ4n) is 2.06. The topological polar surface area (TPSA) is 21.3 Å². The van der Waals surface area contributed by atoms with Gasteiger partial charge in [0.1, 0.15) is 12.4 Å². The predicted octanol–water partition coefficient (Wildman–Crippen LogP) is 4.67. The zero-order valence-electron chi connectivity index (χ0n) is 12.1.